The van der Waals surface area contributed by atoms with E-state index in [4.69, 9.17) is 0 Å². The van der Waals surface area contributed by atoms with Crippen molar-refractivity contribution in [3.63, 3.8) is 0 Å². The number of hydrogen-bond acceptors (Lipinski definition) is 5. The van der Waals surface area contributed by atoms with Gasteiger partial charge in [-0.05, 0) is 47.4 Å². The van der Waals surface area contributed by atoms with Crippen LogP contribution in [0.1, 0.15) is 47.5 Å². The highest BCUT2D eigenvalue weighted by atomic mass is 32.1. The molecule has 1 aliphatic carbocycles. The molecule has 0 atom stereocenters. The van der Waals surface area contributed by atoms with E-state index in [1.165, 1.54) is 35.6 Å². The molecule has 1 aliphatic rings. The Hall–Kier alpha value is -4.03. The van der Waals surface area contributed by atoms with Crippen LogP contribution in [0.3, 0.4) is 0 Å². The van der Waals surface area contributed by atoms with Crippen molar-refractivity contribution in [2.45, 2.75) is 26.7 Å². The molecule has 5 rings (SSSR count). The predicted octanol–water partition coefficient (Wildman–Crippen LogP) is 8.19. The van der Waals surface area contributed by atoms with Crippen LogP contribution in [0.5, 0.6) is 0 Å². The number of benzene rings is 3. The summed E-state index contributed by atoms with van der Waals surface area (Å²) in [5.74, 6) is -0.853. The fourth-order valence-electron chi connectivity index (χ4n) is 4.74. The number of carbonyl (C=O) groups is 2. The summed E-state index contributed by atoms with van der Waals surface area (Å²) in [5.41, 5.74) is 2.71. The van der Waals surface area contributed by atoms with Gasteiger partial charge in [-0.3, -0.25) is 9.59 Å². The molecule has 0 spiro atoms. The number of anilines is 2. The molecule has 1 aromatic heterocycles. The molecule has 0 fully saturated rings. The Morgan fingerprint density at radius 1 is 0.919 bits per heavy atom. The quantitative estimate of drug-likeness (QED) is 0.256. The second kappa shape index (κ2) is 9.79. The lowest BCUT2D eigenvalue weighted by atomic mass is 9.75. The van der Waals surface area contributed by atoms with Crippen LogP contribution in [0.15, 0.2) is 90.7 Å². The standard InChI is InChI=1S/C31H26FNO3S/c1-31(2)17-23(34)26(24(35)18-31)29-25(19-9-5-3-6-10-19)27(28(36)20-13-15-21(32)16-14-20)30(37-29)33-22-11-7-4-8-12-22/h3-16,33-34H,17-18H2,1-2H3. The monoisotopic (exact) mass is 511 g/mol. The summed E-state index contributed by atoms with van der Waals surface area (Å²) in [6.07, 6.45) is 0.657. The Labute approximate surface area is 219 Å². The van der Waals surface area contributed by atoms with E-state index in [2.05, 4.69) is 5.32 Å². The maximum Gasteiger partial charge on any atom is 0.196 e. The lowest BCUT2D eigenvalue weighted by Crippen LogP contribution is -2.25. The lowest BCUT2D eigenvalue weighted by Gasteiger charge is -2.29. The number of thiophene rings is 1. The Morgan fingerprint density at radius 3 is 2.16 bits per heavy atom. The van der Waals surface area contributed by atoms with E-state index in [-0.39, 0.29) is 28.3 Å². The van der Waals surface area contributed by atoms with Crippen molar-refractivity contribution in [1.29, 1.82) is 0 Å². The molecule has 0 saturated heterocycles. The Bertz CT molecular complexity index is 1500. The van der Waals surface area contributed by atoms with Crippen LogP contribution >= 0.6 is 11.3 Å². The number of aliphatic hydroxyl groups is 1. The number of allylic oxidation sites excluding steroid dienone is 2. The molecule has 37 heavy (non-hydrogen) atoms. The maximum atomic E-state index is 14.0. The van der Waals surface area contributed by atoms with Crippen molar-refractivity contribution in [1.82, 2.24) is 0 Å². The molecule has 4 aromatic rings. The van der Waals surface area contributed by atoms with E-state index >= 15 is 0 Å². The number of halogens is 1. The second-order valence-electron chi connectivity index (χ2n) is 9.97. The largest absolute Gasteiger partial charge is 0.511 e. The van der Waals surface area contributed by atoms with E-state index < -0.39 is 5.82 Å². The predicted molar refractivity (Wildman–Crippen MR) is 147 cm³/mol. The molecule has 2 N–H and O–H groups in total. The van der Waals surface area contributed by atoms with Gasteiger partial charge in [-0.1, -0.05) is 62.4 Å². The minimum atomic E-state index is -0.432. The zero-order valence-electron chi connectivity index (χ0n) is 20.5. The van der Waals surface area contributed by atoms with E-state index in [0.717, 1.165) is 11.3 Å². The third-order valence-electron chi connectivity index (χ3n) is 6.42. The molecule has 186 valence electrons. The number of carbonyl (C=O) groups excluding carboxylic acids is 2. The van der Waals surface area contributed by atoms with Crippen molar-refractivity contribution in [2.24, 2.45) is 5.41 Å². The smallest absolute Gasteiger partial charge is 0.196 e. The zero-order valence-corrected chi connectivity index (χ0v) is 21.4. The minimum absolute atomic E-state index is 0.0340. The van der Waals surface area contributed by atoms with Gasteiger partial charge in [0.15, 0.2) is 11.6 Å². The number of para-hydroxylation sites is 1. The summed E-state index contributed by atoms with van der Waals surface area (Å²) in [6, 6.07) is 24.3. The van der Waals surface area contributed by atoms with Crippen molar-refractivity contribution in [3.8, 4) is 11.1 Å². The third kappa shape index (κ3) is 4.98. The van der Waals surface area contributed by atoms with Crippen LogP contribution in [0.4, 0.5) is 15.1 Å². The van der Waals surface area contributed by atoms with Gasteiger partial charge in [0, 0.05) is 29.7 Å². The summed E-state index contributed by atoms with van der Waals surface area (Å²) >= 11 is 1.27. The van der Waals surface area contributed by atoms with Gasteiger partial charge in [-0.2, -0.15) is 0 Å². The Kier molecular flexibility index (Phi) is 6.52. The molecular weight excluding hydrogens is 485 g/mol. The summed E-state index contributed by atoms with van der Waals surface area (Å²) in [6.45, 7) is 3.91. The van der Waals surface area contributed by atoms with Gasteiger partial charge in [0.2, 0.25) is 0 Å². The molecule has 4 nitrogen and oxygen atoms in total. The number of rotatable bonds is 6. The van der Waals surface area contributed by atoms with Crippen molar-refractivity contribution in [2.75, 3.05) is 5.32 Å². The molecule has 1 heterocycles. The van der Waals surface area contributed by atoms with E-state index in [1.54, 1.807) is 0 Å². The number of ketones is 2. The highest BCUT2D eigenvalue weighted by Gasteiger charge is 2.37. The van der Waals surface area contributed by atoms with Gasteiger partial charge in [-0.25, -0.2) is 4.39 Å². The van der Waals surface area contributed by atoms with Crippen molar-refractivity contribution in [3.05, 3.63) is 113 Å². The summed E-state index contributed by atoms with van der Waals surface area (Å²) in [5, 5.41) is 15.0. The molecule has 0 bridgehead atoms. The molecule has 6 heteroatoms. The Morgan fingerprint density at radius 2 is 1.54 bits per heavy atom. The van der Waals surface area contributed by atoms with Crippen molar-refractivity contribution >= 4 is 39.2 Å². The molecule has 0 saturated carbocycles. The molecular formula is C31H26FNO3S. The zero-order chi connectivity index (χ0) is 26.2. The molecule has 0 radical (unpaired) electrons. The lowest BCUT2D eigenvalue weighted by molar-refractivity contribution is -0.116. The normalized spacial score (nSPS) is 15.1. The first-order valence-corrected chi connectivity index (χ1v) is 12.9. The van der Waals surface area contributed by atoms with Crippen LogP contribution < -0.4 is 5.32 Å². The molecule has 0 amide bonds. The number of hydrogen-bond donors (Lipinski definition) is 2. The summed E-state index contributed by atoms with van der Waals surface area (Å²) in [7, 11) is 0. The van der Waals surface area contributed by atoms with Gasteiger partial charge in [0.05, 0.1) is 16.0 Å². The van der Waals surface area contributed by atoms with Crippen molar-refractivity contribution < 1.29 is 19.1 Å². The fourth-order valence-corrected chi connectivity index (χ4v) is 6.06. The fraction of sp³-hybridized carbons (Fsp3) is 0.161. The minimum Gasteiger partial charge on any atom is -0.511 e. The van der Waals surface area contributed by atoms with E-state index in [0.29, 0.717) is 39.4 Å². The van der Waals surface area contributed by atoms with Crippen LogP contribution in [0.25, 0.3) is 16.7 Å². The highest BCUT2D eigenvalue weighted by molar-refractivity contribution is 7.18. The van der Waals surface area contributed by atoms with Crippen LogP contribution in [0.2, 0.25) is 0 Å². The molecule has 3 aromatic carbocycles. The first-order valence-electron chi connectivity index (χ1n) is 12.0. The molecule has 0 unspecified atom stereocenters. The van der Waals surface area contributed by atoms with Crippen LogP contribution in [-0.4, -0.2) is 16.7 Å². The van der Waals surface area contributed by atoms with Crippen LogP contribution in [0, 0.1) is 11.2 Å². The maximum absolute atomic E-state index is 14.0. The first kappa shape index (κ1) is 24.7. The molecule has 0 aliphatic heterocycles. The average molecular weight is 512 g/mol. The average Bonchev–Trinajstić information content (AvgIpc) is 3.22. The van der Waals surface area contributed by atoms with E-state index in [9.17, 15) is 19.1 Å². The SMILES string of the molecule is CC1(C)CC(=O)C(c2sc(Nc3ccccc3)c(C(=O)c3ccc(F)cc3)c2-c2ccccc2)=C(O)C1. The number of nitrogens with one attached hydrogen (secondary N) is 1. The first-order chi connectivity index (χ1) is 17.7. The van der Waals surface area contributed by atoms with Gasteiger partial charge in [0.25, 0.3) is 0 Å². The third-order valence-corrected chi connectivity index (χ3v) is 7.54. The summed E-state index contributed by atoms with van der Waals surface area (Å²) < 4.78 is 13.7. The van der Waals surface area contributed by atoms with Gasteiger partial charge < -0.3 is 10.4 Å². The number of aliphatic hydroxyl groups excluding tert-OH is 1. The summed E-state index contributed by atoms with van der Waals surface area (Å²) in [4.78, 5) is 28.0. The van der Waals surface area contributed by atoms with Crippen LogP contribution in [-0.2, 0) is 4.79 Å². The van der Waals surface area contributed by atoms with Gasteiger partial charge in [-0.15, -0.1) is 11.3 Å². The van der Waals surface area contributed by atoms with Gasteiger partial charge in [0.1, 0.15) is 16.6 Å². The highest BCUT2D eigenvalue weighted by Crippen LogP contribution is 2.49. The topological polar surface area (TPSA) is 66.4 Å². The Balaban J connectivity index is 1.79. The van der Waals surface area contributed by atoms with E-state index in [1.807, 2.05) is 74.5 Å². The number of Topliss-reactive ketones (excluding diaryl/α,β-unsaturated/α-hetero) is 1. The van der Waals surface area contributed by atoms with Gasteiger partial charge >= 0.3 is 0 Å². The second-order valence-corrected chi connectivity index (χ2v) is 11.0.